The number of hydrogen-bond acceptors (Lipinski definition) is 5. The molecular weight excluding hydrogens is 602 g/mol. The van der Waals surface area contributed by atoms with Gasteiger partial charge in [-0.25, -0.2) is 4.79 Å². The van der Waals surface area contributed by atoms with Crippen LogP contribution in [-0.2, 0) is 20.7 Å². The number of benzene rings is 4. The van der Waals surface area contributed by atoms with E-state index in [1.807, 2.05) is 79.7 Å². The van der Waals surface area contributed by atoms with E-state index in [9.17, 15) is 19.5 Å². The second-order valence-electron chi connectivity index (χ2n) is 14.0. The number of carbonyl (C=O) groups is 3. The van der Waals surface area contributed by atoms with E-state index in [0.717, 1.165) is 22.8 Å². The summed E-state index contributed by atoms with van der Waals surface area (Å²) < 4.78 is 5.58. The van der Waals surface area contributed by atoms with Crippen molar-refractivity contribution in [1.29, 1.82) is 0 Å². The molecule has 0 saturated heterocycles. The van der Waals surface area contributed by atoms with E-state index >= 15 is 0 Å². The number of carbonyl (C=O) groups excluding carboxylic acids is 3. The van der Waals surface area contributed by atoms with Crippen molar-refractivity contribution in [1.82, 2.24) is 10.2 Å². The van der Waals surface area contributed by atoms with E-state index in [1.165, 1.54) is 0 Å². The Morgan fingerprint density at radius 2 is 1.50 bits per heavy atom. The van der Waals surface area contributed by atoms with Gasteiger partial charge < -0.3 is 25.4 Å². The molecular formula is C40H49N3O5. The molecule has 254 valence electrons. The van der Waals surface area contributed by atoms with Crippen LogP contribution in [0.5, 0.6) is 5.75 Å². The first kappa shape index (κ1) is 36.0. The summed E-state index contributed by atoms with van der Waals surface area (Å²) in [6, 6.07) is 25.5. The van der Waals surface area contributed by atoms with Crippen molar-refractivity contribution in [2.45, 2.75) is 91.5 Å². The van der Waals surface area contributed by atoms with Crippen LogP contribution in [-0.4, -0.2) is 45.6 Å². The van der Waals surface area contributed by atoms with Gasteiger partial charge in [0.2, 0.25) is 5.91 Å². The molecule has 4 rings (SSSR count). The Hall–Kier alpha value is -4.85. The minimum Gasteiger partial charge on any atom is -0.508 e. The number of aromatic hydroxyl groups is 1. The molecule has 8 nitrogen and oxygen atoms in total. The van der Waals surface area contributed by atoms with Crippen molar-refractivity contribution in [2.24, 2.45) is 5.92 Å². The maximum absolute atomic E-state index is 15.0. The van der Waals surface area contributed by atoms with Gasteiger partial charge in [-0.3, -0.25) is 9.59 Å². The first-order chi connectivity index (χ1) is 22.7. The van der Waals surface area contributed by atoms with Crippen molar-refractivity contribution in [2.75, 3.05) is 5.32 Å². The second kappa shape index (κ2) is 15.8. The van der Waals surface area contributed by atoms with Gasteiger partial charge >= 0.3 is 6.09 Å². The number of amides is 3. The summed E-state index contributed by atoms with van der Waals surface area (Å²) in [6.45, 7) is 13.2. The highest BCUT2D eigenvalue weighted by atomic mass is 16.6. The van der Waals surface area contributed by atoms with Gasteiger partial charge in [0.25, 0.3) is 5.91 Å². The van der Waals surface area contributed by atoms with Crippen molar-refractivity contribution in [3.05, 3.63) is 108 Å². The molecule has 0 radical (unpaired) electrons. The lowest BCUT2D eigenvalue weighted by molar-refractivity contribution is -0.143. The molecule has 48 heavy (non-hydrogen) atoms. The van der Waals surface area contributed by atoms with Gasteiger partial charge in [-0.1, -0.05) is 80.6 Å². The molecule has 0 aliphatic carbocycles. The van der Waals surface area contributed by atoms with Crippen LogP contribution in [0.2, 0.25) is 0 Å². The Balaban J connectivity index is 1.82. The fourth-order valence-corrected chi connectivity index (χ4v) is 5.76. The second-order valence-corrected chi connectivity index (χ2v) is 14.0. The molecule has 0 fully saturated rings. The van der Waals surface area contributed by atoms with Crippen molar-refractivity contribution < 1.29 is 24.2 Å². The summed E-state index contributed by atoms with van der Waals surface area (Å²) >= 11 is 0. The van der Waals surface area contributed by atoms with Crippen LogP contribution in [0.3, 0.4) is 0 Å². The number of nitrogens with one attached hydrogen (secondary N) is 2. The van der Waals surface area contributed by atoms with E-state index in [2.05, 4.69) is 24.5 Å². The van der Waals surface area contributed by atoms with E-state index in [-0.39, 0.29) is 18.2 Å². The fraction of sp³-hybridized carbons (Fsp3) is 0.375. The van der Waals surface area contributed by atoms with Crippen molar-refractivity contribution in [3.8, 4) is 5.75 Å². The molecule has 0 spiro atoms. The Kier molecular flexibility index (Phi) is 11.9. The number of nitrogens with zero attached hydrogens (tertiary/aromatic N) is 1. The summed E-state index contributed by atoms with van der Waals surface area (Å²) in [5, 5.41) is 18.3. The Morgan fingerprint density at radius 1 is 0.833 bits per heavy atom. The van der Waals surface area contributed by atoms with Gasteiger partial charge in [0.05, 0.1) is 0 Å². The fourth-order valence-electron chi connectivity index (χ4n) is 5.76. The van der Waals surface area contributed by atoms with Crippen LogP contribution >= 0.6 is 0 Å². The van der Waals surface area contributed by atoms with Gasteiger partial charge in [-0.05, 0) is 105 Å². The molecule has 0 heterocycles. The number of anilines is 1. The average molecular weight is 652 g/mol. The largest absolute Gasteiger partial charge is 0.508 e. The third-order valence-corrected chi connectivity index (χ3v) is 8.24. The van der Waals surface area contributed by atoms with Gasteiger partial charge in [0, 0.05) is 18.2 Å². The number of aryl methyl sites for hydroxylation is 1. The first-order valence-corrected chi connectivity index (χ1v) is 16.7. The number of hydrogen-bond donors (Lipinski definition) is 3. The molecule has 3 amide bonds. The predicted molar refractivity (Wildman–Crippen MR) is 192 cm³/mol. The minimum absolute atomic E-state index is 0.0896. The maximum Gasteiger partial charge on any atom is 0.408 e. The normalized spacial score (nSPS) is 13.4. The average Bonchev–Trinajstić information content (AvgIpc) is 3.02. The highest BCUT2D eigenvalue weighted by Gasteiger charge is 2.39. The molecule has 3 unspecified atom stereocenters. The van der Waals surface area contributed by atoms with Gasteiger partial charge in [0.15, 0.2) is 0 Å². The molecule has 0 aliphatic heterocycles. The van der Waals surface area contributed by atoms with Crippen LogP contribution in [0.15, 0.2) is 91.0 Å². The molecule has 0 aliphatic rings. The molecule has 3 atom stereocenters. The molecule has 4 aromatic rings. The lowest BCUT2D eigenvalue weighted by Gasteiger charge is -2.39. The first-order valence-electron chi connectivity index (χ1n) is 16.7. The number of rotatable bonds is 12. The molecule has 0 bridgehead atoms. The highest BCUT2D eigenvalue weighted by molar-refractivity contribution is 6.00. The van der Waals surface area contributed by atoms with E-state index < -0.39 is 35.6 Å². The third-order valence-electron chi connectivity index (χ3n) is 8.24. The standard InChI is InChI=1S/C40H49N3O5/c1-26(2)17-18-28(4)43(38(46)34(24-29-13-9-8-10-14-29)42-39(47)48-40(5,6)7)36(32-20-22-35(44)27(3)23-32)37(45)41-33-21-19-30-15-11-12-16-31(30)25-33/h8-16,19-23,25-26,28,34,36,44H,17-18,24H2,1-7H3,(H,41,45)(H,42,47). The topological polar surface area (TPSA) is 108 Å². The summed E-state index contributed by atoms with van der Waals surface area (Å²) in [4.78, 5) is 44.3. The number of phenolic OH excluding ortho intramolecular Hbond substituents is 1. The number of fused-ring (bicyclic) bond motifs is 1. The highest BCUT2D eigenvalue weighted by Crippen LogP contribution is 2.32. The molecule has 0 aromatic heterocycles. The van der Waals surface area contributed by atoms with Crippen molar-refractivity contribution in [3.63, 3.8) is 0 Å². The van der Waals surface area contributed by atoms with Crippen LogP contribution in [0.1, 0.15) is 77.1 Å². The minimum atomic E-state index is -1.08. The van der Waals surface area contributed by atoms with E-state index in [1.54, 1.807) is 50.8 Å². The van der Waals surface area contributed by atoms with Crippen molar-refractivity contribution >= 4 is 34.4 Å². The number of ether oxygens (including phenoxy) is 1. The van der Waals surface area contributed by atoms with Crippen LogP contribution in [0.4, 0.5) is 10.5 Å². The lowest BCUT2D eigenvalue weighted by atomic mass is 9.95. The van der Waals surface area contributed by atoms with Crippen LogP contribution < -0.4 is 10.6 Å². The predicted octanol–water partition coefficient (Wildman–Crippen LogP) is 8.32. The quantitative estimate of drug-likeness (QED) is 0.143. The van der Waals surface area contributed by atoms with Crippen LogP contribution in [0, 0.1) is 12.8 Å². The zero-order valence-corrected chi connectivity index (χ0v) is 29.1. The summed E-state index contributed by atoms with van der Waals surface area (Å²) in [6.07, 6.45) is 0.927. The smallest absolute Gasteiger partial charge is 0.408 e. The number of alkyl carbamates (subject to hydrolysis) is 1. The molecule has 3 N–H and O–H groups in total. The molecule has 8 heteroatoms. The Labute approximate surface area is 284 Å². The Bertz CT molecular complexity index is 1710. The monoisotopic (exact) mass is 651 g/mol. The van der Waals surface area contributed by atoms with Crippen LogP contribution in [0.25, 0.3) is 10.8 Å². The Morgan fingerprint density at radius 3 is 2.15 bits per heavy atom. The van der Waals surface area contributed by atoms with Gasteiger partial charge in [-0.2, -0.15) is 0 Å². The van der Waals surface area contributed by atoms with Gasteiger partial charge in [-0.15, -0.1) is 0 Å². The number of phenols is 1. The summed E-state index contributed by atoms with van der Waals surface area (Å²) in [7, 11) is 0. The van der Waals surface area contributed by atoms with E-state index in [4.69, 9.17) is 4.74 Å². The summed E-state index contributed by atoms with van der Waals surface area (Å²) in [5.74, 6) is -0.363. The van der Waals surface area contributed by atoms with Gasteiger partial charge in [0.1, 0.15) is 23.4 Å². The van der Waals surface area contributed by atoms with E-state index in [0.29, 0.717) is 29.2 Å². The zero-order chi connectivity index (χ0) is 35.0. The zero-order valence-electron chi connectivity index (χ0n) is 29.1. The third kappa shape index (κ3) is 9.83. The maximum atomic E-state index is 15.0. The molecule has 4 aromatic carbocycles. The SMILES string of the molecule is Cc1cc(C(C(=O)Nc2ccc3ccccc3c2)N(C(=O)C(Cc2ccccc2)NC(=O)OC(C)(C)C)C(C)CCC(C)C)ccc1O. The molecule has 0 saturated carbocycles. The summed E-state index contributed by atoms with van der Waals surface area (Å²) in [5.41, 5.74) is 1.78. The lowest BCUT2D eigenvalue weighted by Crippen LogP contribution is -2.55.